The monoisotopic (exact) mass is 438 g/mol. The first-order chi connectivity index (χ1) is 15.6. The number of hydrogen-bond donors (Lipinski definition) is 2. The van der Waals surface area contributed by atoms with Gasteiger partial charge in [-0.15, -0.1) is 0 Å². The molecule has 4 rings (SSSR count). The number of rotatable bonds is 6. The molecule has 6 nitrogen and oxygen atoms in total. The van der Waals surface area contributed by atoms with Gasteiger partial charge in [0.05, 0.1) is 11.6 Å². The summed E-state index contributed by atoms with van der Waals surface area (Å²) in [5.41, 5.74) is 1.25. The predicted octanol–water partition coefficient (Wildman–Crippen LogP) is 3.68. The maximum absolute atomic E-state index is 14.0. The Morgan fingerprint density at radius 1 is 0.969 bits per heavy atom. The van der Waals surface area contributed by atoms with Crippen molar-refractivity contribution < 1.29 is 14.0 Å². The highest BCUT2D eigenvalue weighted by Gasteiger charge is 2.34. The van der Waals surface area contributed by atoms with E-state index in [2.05, 4.69) is 15.5 Å². The number of piperidine rings is 1. The highest BCUT2D eigenvalue weighted by atomic mass is 19.1. The van der Waals surface area contributed by atoms with Gasteiger partial charge < -0.3 is 20.4 Å². The number of anilines is 1. The molecule has 2 heterocycles. The van der Waals surface area contributed by atoms with Gasteiger partial charge in [-0.2, -0.15) is 0 Å². The fourth-order valence-corrected chi connectivity index (χ4v) is 4.67. The Morgan fingerprint density at radius 3 is 2.44 bits per heavy atom. The lowest BCUT2D eigenvalue weighted by molar-refractivity contribution is -0.126. The van der Waals surface area contributed by atoms with Crippen molar-refractivity contribution in [2.24, 2.45) is 5.92 Å². The fourth-order valence-electron chi connectivity index (χ4n) is 4.67. The van der Waals surface area contributed by atoms with Crippen LogP contribution in [0.3, 0.4) is 0 Å². The van der Waals surface area contributed by atoms with Crippen LogP contribution in [-0.4, -0.2) is 61.0 Å². The van der Waals surface area contributed by atoms with Crippen molar-refractivity contribution in [2.75, 3.05) is 44.6 Å². The van der Waals surface area contributed by atoms with Crippen molar-refractivity contribution in [2.45, 2.75) is 25.2 Å². The smallest absolute Gasteiger partial charge is 0.321 e. The van der Waals surface area contributed by atoms with E-state index in [0.717, 1.165) is 25.2 Å². The lowest BCUT2D eigenvalue weighted by Gasteiger charge is -2.37. The van der Waals surface area contributed by atoms with Crippen molar-refractivity contribution in [3.05, 3.63) is 66.0 Å². The van der Waals surface area contributed by atoms with Gasteiger partial charge >= 0.3 is 6.03 Å². The lowest BCUT2D eigenvalue weighted by Crippen LogP contribution is -2.50. The van der Waals surface area contributed by atoms with Crippen LogP contribution >= 0.6 is 0 Å². The van der Waals surface area contributed by atoms with E-state index >= 15 is 0 Å². The van der Waals surface area contributed by atoms with E-state index in [9.17, 15) is 14.0 Å². The number of carbonyl (C=O) groups excluding carboxylic acids is 2. The van der Waals surface area contributed by atoms with Gasteiger partial charge in [0, 0.05) is 32.1 Å². The summed E-state index contributed by atoms with van der Waals surface area (Å²) in [4.78, 5) is 29.9. The van der Waals surface area contributed by atoms with E-state index in [1.54, 1.807) is 17.0 Å². The van der Waals surface area contributed by atoms with Gasteiger partial charge in [-0.1, -0.05) is 42.5 Å². The number of hydrogen-bond acceptors (Lipinski definition) is 3. The molecular weight excluding hydrogens is 407 g/mol. The zero-order chi connectivity index (χ0) is 22.3. The second-order valence-electron chi connectivity index (χ2n) is 8.69. The van der Waals surface area contributed by atoms with Crippen LogP contribution in [-0.2, 0) is 4.79 Å². The summed E-state index contributed by atoms with van der Waals surface area (Å²) in [7, 11) is 0. The van der Waals surface area contributed by atoms with Crippen LogP contribution in [0, 0.1) is 11.7 Å². The summed E-state index contributed by atoms with van der Waals surface area (Å²) in [5.74, 6) is -0.758. The first kappa shape index (κ1) is 22.3. The molecule has 2 aliphatic rings. The maximum atomic E-state index is 14.0. The molecule has 0 aromatic heterocycles. The standard InChI is InChI=1S/C25H31FN4O2/c26-22-10-4-5-11-23(22)28-25(32)30-17-20(19-8-2-1-3-9-19)16-21(18-30)24(31)27-12-15-29-13-6-7-14-29/h1-5,8-11,20-21H,6-7,12-18H2,(H,27,31)(H,28,32)/t20-,21-/m1/s1. The molecule has 2 fully saturated rings. The van der Waals surface area contributed by atoms with Crippen molar-refractivity contribution >= 4 is 17.6 Å². The summed E-state index contributed by atoms with van der Waals surface area (Å²) < 4.78 is 14.0. The van der Waals surface area contributed by atoms with Crippen LogP contribution in [0.1, 0.15) is 30.7 Å². The minimum atomic E-state index is -0.478. The van der Waals surface area contributed by atoms with Crippen LogP contribution in [0.4, 0.5) is 14.9 Å². The minimum absolute atomic E-state index is 0.0199. The molecule has 0 radical (unpaired) electrons. The molecule has 0 unspecified atom stereocenters. The van der Waals surface area contributed by atoms with Gasteiger partial charge in [-0.25, -0.2) is 9.18 Å². The van der Waals surface area contributed by atoms with E-state index in [4.69, 9.17) is 0 Å². The predicted molar refractivity (Wildman–Crippen MR) is 123 cm³/mol. The average Bonchev–Trinajstić information content (AvgIpc) is 3.34. The second kappa shape index (κ2) is 10.6. The highest BCUT2D eigenvalue weighted by molar-refractivity contribution is 5.90. The number of carbonyl (C=O) groups is 2. The van der Waals surface area contributed by atoms with Gasteiger partial charge in [-0.05, 0) is 50.0 Å². The van der Waals surface area contributed by atoms with Crippen LogP contribution < -0.4 is 10.6 Å². The van der Waals surface area contributed by atoms with Gasteiger partial charge in [0.25, 0.3) is 0 Å². The first-order valence-corrected chi connectivity index (χ1v) is 11.5. The molecule has 2 aromatic rings. The van der Waals surface area contributed by atoms with Crippen molar-refractivity contribution in [3.63, 3.8) is 0 Å². The molecule has 32 heavy (non-hydrogen) atoms. The fraction of sp³-hybridized carbons (Fsp3) is 0.440. The van der Waals surface area contributed by atoms with E-state index in [1.165, 1.54) is 25.0 Å². The molecule has 170 valence electrons. The summed E-state index contributed by atoms with van der Waals surface area (Å²) >= 11 is 0. The molecular formula is C25H31FN4O2. The normalized spacial score (nSPS) is 21.3. The number of para-hydroxylation sites is 1. The third-order valence-electron chi connectivity index (χ3n) is 6.42. The molecule has 3 amide bonds. The summed E-state index contributed by atoms with van der Waals surface area (Å²) in [6, 6.07) is 15.7. The Kier molecular flexibility index (Phi) is 7.37. The van der Waals surface area contributed by atoms with Gasteiger partial charge in [-0.3, -0.25) is 4.79 Å². The maximum Gasteiger partial charge on any atom is 0.321 e. The van der Waals surface area contributed by atoms with Gasteiger partial charge in [0.1, 0.15) is 5.82 Å². The summed E-state index contributed by atoms with van der Waals surface area (Å²) in [5, 5.41) is 5.74. The molecule has 0 aliphatic carbocycles. The van der Waals surface area contributed by atoms with Crippen LogP contribution in [0.5, 0.6) is 0 Å². The number of nitrogens with zero attached hydrogens (tertiary/aromatic N) is 2. The van der Waals surface area contributed by atoms with E-state index in [1.807, 2.05) is 30.3 Å². The molecule has 0 spiro atoms. The van der Waals surface area contributed by atoms with Crippen LogP contribution in [0.15, 0.2) is 54.6 Å². The van der Waals surface area contributed by atoms with Crippen molar-refractivity contribution in [1.82, 2.24) is 15.1 Å². The number of likely N-dealkylation sites (tertiary alicyclic amines) is 2. The number of benzene rings is 2. The molecule has 2 atom stereocenters. The minimum Gasteiger partial charge on any atom is -0.355 e. The Balaban J connectivity index is 1.43. The van der Waals surface area contributed by atoms with Crippen molar-refractivity contribution in [1.29, 1.82) is 0 Å². The van der Waals surface area contributed by atoms with Crippen LogP contribution in [0.2, 0.25) is 0 Å². The lowest BCUT2D eigenvalue weighted by atomic mass is 9.84. The SMILES string of the molecule is O=C(NCCN1CCCC1)[C@@H]1C[C@@H](c2ccccc2)CN(C(=O)Nc2ccccc2F)C1. The third-order valence-corrected chi connectivity index (χ3v) is 6.42. The molecule has 7 heteroatoms. The van der Waals surface area contributed by atoms with Gasteiger partial charge in [0.15, 0.2) is 0 Å². The summed E-state index contributed by atoms with van der Waals surface area (Å²) in [6.07, 6.45) is 3.13. The molecule has 0 bridgehead atoms. The molecule has 2 saturated heterocycles. The summed E-state index contributed by atoms with van der Waals surface area (Å²) in [6.45, 7) is 4.48. The third kappa shape index (κ3) is 5.65. The average molecular weight is 439 g/mol. The number of halogens is 1. The quantitative estimate of drug-likeness (QED) is 0.723. The number of amides is 3. The highest BCUT2D eigenvalue weighted by Crippen LogP contribution is 2.31. The molecule has 2 aromatic carbocycles. The largest absolute Gasteiger partial charge is 0.355 e. The molecule has 0 saturated carbocycles. The first-order valence-electron chi connectivity index (χ1n) is 11.5. The number of nitrogens with one attached hydrogen (secondary N) is 2. The Labute approximate surface area is 188 Å². The van der Waals surface area contributed by atoms with E-state index in [-0.39, 0.29) is 29.5 Å². The zero-order valence-corrected chi connectivity index (χ0v) is 18.3. The zero-order valence-electron chi connectivity index (χ0n) is 18.3. The van der Waals surface area contributed by atoms with E-state index < -0.39 is 5.82 Å². The Bertz CT molecular complexity index is 917. The van der Waals surface area contributed by atoms with E-state index in [0.29, 0.717) is 26.1 Å². The Morgan fingerprint density at radius 2 is 1.69 bits per heavy atom. The number of urea groups is 1. The molecule has 2 N–H and O–H groups in total. The van der Waals surface area contributed by atoms with Crippen molar-refractivity contribution in [3.8, 4) is 0 Å². The topological polar surface area (TPSA) is 64.7 Å². The van der Waals surface area contributed by atoms with Crippen LogP contribution in [0.25, 0.3) is 0 Å². The second-order valence-corrected chi connectivity index (χ2v) is 8.69. The molecule has 2 aliphatic heterocycles. The van der Waals surface area contributed by atoms with Gasteiger partial charge in [0.2, 0.25) is 5.91 Å². The Hall–Kier alpha value is -2.93.